The van der Waals surface area contributed by atoms with Gasteiger partial charge in [0.25, 0.3) is 0 Å². The van der Waals surface area contributed by atoms with Crippen molar-refractivity contribution in [3.63, 3.8) is 0 Å². The lowest BCUT2D eigenvalue weighted by Gasteiger charge is -1.97. The van der Waals surface area contributed by atoms with Gasteiger partial charge in [0.2, 0.25) is 0 Å². The molecule has 0 rings (SSSR count). The van der Waals surface area contributed by atoms with Gasteiger partial charge in [-0.25, -0.2) is 4.39 Å². The Bertz CT molecular complexity index is 59.8. The van der Waals surface area contributed by atoms with E-state index in [1.54, 1.807) is 0 Å². The minimum atomic E-state index is -1.84. The highest BCUT2D eigenvalue weighted by atomic mass is 19.1. The van der Waals surface area contributed by atoms with E-state index in [0.29, 0.717) is 0 Å². The van der Waals surface area contributed by atoms with Gasteiger partial charge in [-0.3, -0.25) is 0 Å². The molecule has 0 aliphatic heterocycles. The molecule has 0 heterocycles. The Balaban J connectivity index is 3.26. The summed E-state index contributed by atoms with van der Waals surface area (Å²) in [5, 5.41) is 9.21. The predicted octanol–water partition coefficient (Wildman–Crippen LogP) is -0.906. The lowest BCUT2D eigenvalue weighted by molar-refractivity contribution is -0.311. The van der Waals surface area contributed by atoms with Gasteiger partial charge in [0, 0.05) is 0 Å². The van der Waals surface area contributed by atoms with Gasteiger partial charge in [0.1, 0.15) is 6.17 Å². The maximum Gasteiger partial charge on any atom is 0.137 e. The third-order valence-electron chi connectivity index (χ3n) is 0.325. The second-order valence-corrected chi connectivity index (χ2v) is 0.935. The number of carbonyl (C=O) groups excluding carboxylic acids is 1. The van der Waals surface area contributed by atoms with Crippen LogP contribution in [0.2, 0.25) is 0 Å². The van der Waals surface area contributed by atoms with E-state index >= 15 is 0 Å². The summed E-state index contributed by atoms with van der Waals surface area (Å²) in [6.07, 6.45) is -1.84. The van der Waals surface area contributed by atoms with E-state index in [-0.39, 0.29) is 0 Å². The number of carboxylic acids is 1. The Hall–Kier alpha value is -0.600. The lowest BCUT2D eigenvalue weighted by Crippen LogP contribution is -2.30. The number of hydrogen-bond acceptors (Lipinski definition) is 2. The Morgan fingerprint density at radius 2 is 2.17 bits per heavy atom. The summed E-state index contributed by atoms with van der Waals surface area (Å²) in [5.74, 6) is -1.66. The summed E-state index contributed by atoms with van der Waals surface area (Å²) in [5.41, 5.74) is 0. The van der Waals surface area contributed by atoms with E-state index < -0.39 is 12.1 Å². The Morgan fingerprint density at radius 1 is 2.00 bits per heavy atom. The van der Waals surface area contributed by atoms with Crippen molar-refractivity contribution in [2.75, 3.05) is 0 Å². The van der Waals surface area contributed by atoms with Crippen LogP contribution in [0.5, 0.6) is 0 Å². The third kappa shape index (κ3) is 1.69. The van der Waals surface area contributed by atoms with Gasteiger partial charge in [-0.2, -0.15) is 0 Å². The average Bonchev–Trinajstić information content (AvgIpc) is 1.36. The number of halogens is 1. The van der Waals surface area contributed by atoms with Gasteiger partial charge in [-0.05, 0) is 6.92 Å². The van der Waals surface area contributed by atoms with Crippen molar-refractivity contribution in [3.8, 4) is 0 Å². The van der Waals surface area contributed by atoms with Gasteiger partial charge in [0.15, 0.2) is 0 Å². The highest BCUT2D eigenvalue weighted by Crippen LogP contribution is 1.80. The average molecular weight is 91.1 g/mol. The molecular weight excluding hydrogens is 87.0 g/mol. The van der Waals surface area contributed by atoms with E-state index in [9.17, 15) is 14.3 Å². The quantitative estimate of drug-likeness (QED) is 0.419. The molecule has 6 heavy (non-hydrogen) atoms. The van der Waals surface area contributed by atoms with Gasteiger partial charge >= 0.3 is 0 Å². The van der Waals surface area contributed by atoms with Crippen LogP contribution in [-0.4, -0.2) is 12.1 Å². The fourth-order valence-electron chi connectivity index (χ4n) is 0. The van der Waals surface area contributed by atoms with E-state index in [2.05, 4.69) is 0 Å². The summed E-state index contributed by atoms with van der Waals surface area (Å²) < 4.78 is 11.2. The molecule has 0 aromatic carbocycles. The molecule has 0 aromatic heterocycles. The second-order valence-electron chi connectivity index (χ2n) is 0.935. The molecule has 0 aliphatic rings. The van der Waals surface area contributed by atoms with Crippen molar-refractivity contribution in [1.82, 2.24) is 0 Å². The first-order chi connectivity index (χ1) is 2.64. The Morgan fingerprint density at radius 3 is 2.17 bits per heavy atom. The van der Waals surface area contributed by atoms with Crippen LogP contribution in [0.25, 0.3) is 0 Å². The second kappa shape index (κ2) is 1.74. The third-order valence-corrected chi connectivity index (χ3v) is 0.325. The van der Waals surface area contributed by atoms with Crippen LogP contribution >= 0.6 is 0 Å². The topological polar surface area (TPSA) is 40.1 Å². The Kier molecular flexibility index (Phi) is 1.57. The van der Waals surface area contributed by atoms with E-state index in [1.165, 1.54) is 0 Å². The van der Waals surface area contributed by atoms with Crippen LogP contribution in [0.15, 0.2) is 0 Å². The minimum absolute atomic E-state index is 0.912. The maximum atomic E-state index is 11.2. The van der Waals surface area contributed by atoms with Crippen LogP contribution in [-0.2, 0) is 4.79 Å². The molecule has 0 aromatic rings. The summed E-state index contributed by atoms with van der Waals surface area (Å²) in [6.45, 7) is 0.912. The van der Waals surface area contributed by atoms with Crippen molar-refractivity contribution in [2.24, 2.45) is 0 Å². The summed E-state index contributed by atoms with van der Waals surface area (Å²) in [7, 11) is 0. The molecule has 0 saturated carbocycles. The highest BCUT2D eigenvalue weighted by molar-refractivity contribution is 5.68. The molecule has 0 spiro atoms. The molecule has 0 fully saturated rings. The van der Waals surface area contributed by atoms with Gasteiger partial charge < -0.3 is 9.90 Å². The van der Waals surface area contributed by atoms with E-state index in [4.69, 9.17) is 0 Å². The maximum absolute atomic E-state index is 11.2. The molecular formula is C3H4FO2-. The number of carbonyl (C=O) groups is 1. The highest BCUT2D eigenvalue weighted by Gasteiger charge is 1.92. The molecule has 0 radical (unpaired) electrons. The van der Waals surface area contributed by atoms with E-state index in [1.807, 2.05) is 0 Å². The first kappa shape index (κ1) is 5.40. The van der Waals surface area contributed by atoms with Crippen LogP contribution in [0.3, 0.4) is 0 Å². The first-order valence-electron chi connectivity index (χ1n) is 1.49. The summed E-state index contributed by atoms with van der Waals surface area (Å²) in [6, 6.07) is 0. The van der Waals surface area contributed by atoms with Gasteiger partial charge in [-0.15, -0.1) is 0 Å². The molecule has 36 valence electrons. The fourth-order valence-corrected chi connectivity index (χ4v) is 0. The van der Waals surface area contributed by atoms with Crippen LogP contribution in [0.1, 0.15) is 6.92 Å². The number of hydrogen-bond donors (Lipinski definition) is 0. The summed E-state index contributed by atoms with van der Waals surface area (Å²) in [4.78, 5) is 9.21. The smallest absolute Gasteiger partial charge is 0.137 e. The molecule has 0 bridgehead atoms. The van der Waals surface area contributed by atoms with E-state index in [0.717, 1.165) is 6.92 Å². The molecule has 0 N–H and O–H groups in total. The van der Waals surface area contributed by atoms with Crippen molar-refractivity contribution < 1.29 is 14.3 Å². The molecule has 0 amide bonds. The molecule has 1 unspecified atom stereocenters. The fraction of sp³-hybridized carbons (Fsp3) is 0.667. The zero-order valence-corrected chi connectivity index (χ0v) is 3.27. The normalized spacial score (nSPS) is 13.7. The first-order valence-corrected chi connectivity index (χ1v) is 1.49. The molecule has 3 heteroatoms. The van der Waals surface area contributed by atoms with Crippen LogP contribution in [0, 0.1) is 0 Å². The minimum Gasteiger partial charge on any atom is -0.547 e. The van der Waals surface area contributed by atoms with Crippen molar-refractivity contribution in [2.45, 2.75) is 13.1 Å². The van der Waals surface area contributed by atoms with Gasteiger partial charge in [0.05, 0.1) is 5.97 Å². The number of rotatable bonds is 1. The lowest BCUT2D eigenvalue weighted by atomic mass is 10.5. The molecule has 1 atom stereocenters. The van der Waals surface area contributed by atoms with Gasteiger partial charge in [-0.1, -0.05) is 0 Å². The molecule has 2 nitrogen and oxygen atoms in total. The molecule has 0 aliphatic carbocycles. The standard InChI is InChI=1S/C3H5FO2/c1-2(4)3(5)6/h2H,1H3,(H,5,6)/p-1. The monoisotopic (exact) mass is 91.0 g/mol. The number of carboxylic acid groups (broad SMARTS) is 1. The Labute approximate surface area is 34.6 Å². The number of aliphatic carboxylic acids is 1. The van der Waals surface area contributed by atoms with Crippen molar-refractivity contribution in [3.05, 3.63) is 0 Å². The van der Waals surface area contributed by atoms with Crippen molar-refractivity contribution in [1.29, 1.82) is 0 Å². The van der Waals surface area contributed by atoms with Crippen molar-refractivity contribution >= 4 is 5.97 Å². The summed E-state index contributed by atoms with van der Waals surface area (Å²) >= 11 is 0. The number of alkyl halides is 1. The SMILES string of the molecule is CC(F)C(=O)[O-]. The molecule has 0 saturated heterocycles. The predicted molar refractivity (Wildman–Crippen MR) is 15.6 cm³/mol. The van der Waals surface area contributed by atoms with Crippen LogP contribution in [0.4, 0.5) is 4.39 Å². The zero-order valence-electron chi connectivity index (χ0n) is 3.27. The van der Waals surface area contributed by atoms with Crippen LogP contribution < -0.4 is 5.11 Å². The largest absolute Gasteiger partial charge is 0.547 e. The zero-order chi connectivity index (χ0) is 5.15.